The smallest absolute Gasteiger partial charge is 0.358 e. The Morgan fingerprint density at radius 1 is 1.58 bits per heavy atom. The van der Waals surface area contributed by atoms with Gasteiger partial charge in [0.1, 0.15) is 0 Å². The molecule has 2 N–H and O–H groups in total. The van der Waals surface area contributed by atoms with E-state index in [-0.39, 0.29) is 0 Å². The standard InChI is InChI=1S/C8H10N2O2/c1-5-3-6(2)10-4-7(5)8(11)12-9/h3-4H,9H2,1-2H3. The highest BCUT2D eigenvalue weighted by Gasteiger charge is 2.09. The third-order valence-electron chi connectivity index (χ3n) is 1.57. The third-order valence-corrected chi connectivity index (χ3v) is 1.57. The lowest BCUT2D eigenvalue weighted by molar-refractivity contribution is 0.0502. The van der Waals surface area contributed by atoms with Gasteiger partial charge in [-0.1, -0.05) is 0 Å². The molecule has 12 heavy (non-hydrogen) atoms. The Hall–Kier alpha value is -1.42. The predicted molar refractivity (Wildman–Crippen MR) is 43.3 cm³/mol. The van der Waals surface area contributed by atoms with Gasteiger partial charge in [-0.25, -0.2) is 4.79 Å². The van der Waals surface area contributed by atoms with E-state index in [2.05, 4.69) is 9.82 Å². The Bertz CT molecular complexity index is 310. The van der Waals surface area contributed by atoms with E-state index in [0.717, 1.165) is 11.3 Å². The molecule has 1 heterocycles. The molecule has 0 aromatic carbocycles. The van der Waals surface area contributed by atoms with Crippen molar-refractivity contribution in [2.24, 2.45) is 5.90 Å². The minimum Gasteiger partial charge on any atom is -0.370 e. The Labute approximate surface area is 70.3 Å². The second-order valence-electron chi connectivity index (χ2n) is 2.55. The van der Waals surface area contributed by atoms with Gasteiger partial charge in [0.05, 0.1) is 5.56 Å². The maximum atomic E-state index is 11.0. The van der Waals surface area contributed by atoms with Gasteiger partial charge >= 0.3 is 5.97 Å². The van der Waals surface area contributed by atoms with Crippen molar-refractivity contribution in [1.82, 2.24) is 4.98 Å². The van der Waals surface area contributed by atoms with Gasteiger partial charge in [-0.3, -0.25) is 4.98 Å². The van der Waals surface area contributed by atoms with Crippen LogP contribution in [0.4, 0.5) is 0 Å². The van der Waals surface area contributed by atoms with Crippen LogP contribution in [0, 0.1) is 13.8 Å². The van der Waals surface area contributed by atoms with Crippen molar-refractivity contribution in [2.45, 2.75) is 13.8 Å². The van der Waals surface area contributed by atoms with E-state index in [1.54, 1.807) is 13.0 Å². The summed E-state index contributed by atoms with van der Waals surface area (Å²) in [6, 6.07) is 1.80. The van der Waals surface area contributed by atoms with Gasteiger partial charge in [-0.15, -0.1) is 0 Å². The molecule has 0 unspecified atom stereocenters. The maximum absolute atomic E-state index is 11.0. The van der Waals surface area contributed by atoms with Crippen molar-refractivity contribution in [1.29, 1.82) is 0 Å². The normalized spacial score (nSPS) is 9.58. The molecule has 1 rings (SSSR count). The fourth-order valence-electron chi connectivity index (χ4n) is 0.974. The molecular formula is C8H10N2O2. The summed E-state index contributed by atoms with van der Waals surface area (Å²) in [5.74, 6) is 4.18. The van der Waals surface area contributed by atoms with Crippen molar-refractivity contribution >= 4 is 5.97 Å². The van der Waals surface area contributed by atoms with Crippen LogP contribution in [0.15, 0.2) is 12.3 Å². The molecule has 1 aromatic heterocycles. The number of pyridine rings is 1. The monoisotopic (exact) mass is 166 g/mol. The first kappa shape index (κ1) is 8.67. The van der Waals surface area contributed by atoms with Gasteiger partial charge < -0.3 is 4.84 Å². The number of hydrogen-bond donors (Lipinski definition) is 1. The first-order valence-corrected chi connectivity index (χ1v) is 3.49. The highest BCUT2D eigenvalue weighted by molar-refractivity contribution is 5.90. The maximum Gasteiger partial charge on any atom is 0.358 e. The summed E-state index contributed by atoms with van der Waals surface area (Å²) < 4.78 is 0. The number of aromatic nitrogens is 1. The highest BCUT2D eigenvalue weighted by atomic mass is 16.7. The zero-order valence-electron chi connectivity index (χ0n) is 7.00. The summed E-state index contributed by atoms with van der Waals surface area (Å²) in [7, 11) is 0. The number of hydrogen-bond acceptors (Lipinski definition) is 4. The van der Waals surface area contributed by atoms with Gasteiger partial charge in [0.2, 0.25) is 0 Å². The molecule has 0 atom stereocenters. The Morgan fingerprint density at radius 2 is 2.25 bits per heavy atom. The summed E-state index contributed by atoms with van der Waals surface area (Å²) in [6.45, 7) is 3.66. The molecule has 0 saturated heterocycles. The van der Waals surface area contributed by atoms with E-state index in [4.69, 9.17) is 5.90 Å². The Morgan fingerprint density at radius 3 is 2.75 bits per heavy atom. The van der Waals surface area contributed by atoms with Crippen molar-refractivity contribution in [3.8, 4) is 0 Å². The first-order valence-electron chi connectivity index (χ1n) is 3.49. The lowest BCUT2D eigenvalue weighted by atomic mass is 10.1. The van der Waals surface area contributed by atoms with Crippen molar-refractivity contribution in [3.05, 3.63) is 29.1 Å². The van der Waals surface area contributed by atoms with Crippen LogP contribution in [0.25, 0.3) is 0 Å². The number of carbonyl (C=O) groups excluding carboxylic acids is 1. The molecule has 0 fully saturated rings. The molecular weight excluding hydrogens is 156 g/mol. The highest BCUT2D eigenvalue weighted by Crippen LogP contribution is 2.07. The molecule has 1 aromatic rings. The van der Waals surface area contributed by atoms with Gasteiger partial charge in [-0.05, 0) is 25.5 Å². The number of carbonyl (C=O) groups is 1. The van der Waals surface area contributed by atoms with E-state index in [1.165, 1.54) is 6.20 Å². The fourth-order valence-corrected chi connectivity index (χ4v) is 0.974. The van der Waals surface area contributed by atoms with Crippen LogP contribution in [0.5, 0.6) is 0 Å². The molecule has 64 valence electrons. The van der Waals surface area contributed by atoms with Crippen LogP contribution in [-0.4, -0.2) is 11.0 Å². The summed E-state index contributed by atoms with van der Waals surface area (Å²) in [5, 5.41) is 0. The molecule has 0 aliphatic carbocycles. The lowest BCUT2D eigenvalue weighted by Gasteiger charge is -2.02. The van der Waals surface area contributed by atoms with Crippen LogP contribution >= 0.6 is 0 Å². The van der Waals surface area contributed by atoms with Crippen LogP contribution in [-0.2, 0) is 4.84 Å². The molecule has 0 aliphatic rings. The molecule has 4 nitrogen and oxygen atoms in total. The number of nitrogens with two attached hydrogens (primary N) is 1. The zero-order valence-corrected chi connectivity index (χ0v) is 7.00. The van der Waals surface area contributed by atoms with E-state index >= 15 is 0 Å². The minimum atomic E-state index is -0.556. The van der Waals surface area contributed by atoms with Crippen LogP contribution in [0.2, 0.25) is 0 Å². The average molecular weight is 166 g/mol. The molecule has 0 aliphatic heterocycles. The van der Waals surface area contributed by atoms with Crippen LogP contribution in [0.1, 0.15) is 21.6 Å². The predicted octanol–water partition coefficient (Wildman–Crippen LogP) is 0.729. The van der Waals surface area contributed by atoms with Crippen molar-refractivity contribution in [3.63, 3.8) is 0 Å². The first-order chi connectivity index (χ1) is 5.65. The quantitative estimate of drug-likeness (QED) is 0.624. The van der Waals surface area contributed by atoms with E-state index in [0.29, 0.717) is 5.56 Å². The van der Waals surface area contributed by atoms with E-state index in [1.807, 2.05) is 6.92 Å². The molecule has 0 amide bonds. The molecule has 0 bridgehead atoms. The van der Waals surface area contributed by atoms with E-state index in [9.17, 15) is 4.79 Å². The second-order valence-corrected chi connectivity index (χ2v) is 2.55. The Kier molecular flexibility index (Phi) is 2.40. The minimum absolute atomic E-state index is 0.406. The number of rotatable bonds is 1. The van der Waals surface area contributed by atoms with Crippen LogP contribution in [0.3, 0.4) is 0 Å². The SMILES string of the molecule is Cc1cc(C)c(C(=O)ON)cn1. The van der Waals surface area contributed by atoms with Gasteiger partial charge in [0, 0.05) is 11.9 Å². The topological polar surface area (TPSA) is 65.2 Å². The Balaban J connectivity index is 3.09. The molecule has 4 heteroatoms. The summed E-state index contributed by atoms with van der Waals surface area (Å²) in [6.07, 6.45) is 1.46. The lowest BCUT2D eigenvalue weighted by Crippen LogP contribution is -2.12. The third kappa shape index (κ3) is 1.60. The summed E-state index contributed by atoms with van der Waals surface area (Å²) >= 11 is 0. The largest absolute Gasteiger partial charge is 0.370 e. The van der Waals surface area contributed by atoms with Gasteiger partial charge in [0.25, 0.3) is 0 Å². The van der Waals surface area contributed by atoms with Crippen LogP contribution < -0.4 is 5.90 Å². The summed E-state index contributed by atoms with van der Waals surface area (Å²) in [4.78, 5) is 19.0. The van der Waals surface area contributed by atoms with Crippen molar-refractivity contribution < 1.29 is 9.63 Å². The average Bonchev–Trinajstić information content (AvgIpc) is 2.03. The number of aryl methyl sites for hydroxylation is 2. The summed E-state index contributed by atoms with van der Waals surface area (Å²) in [5.41, 5.74) is 2.09. The molecule has 0 saturated carbocycles. The van der Waals surface area contributed by atoms with Crippen molar-refractivity contribution in [2.75, 3.05) is 0 Å². The number of nitrogens with zero attached hydrogens (tertiary/aromatic N) is 1. The fraction of sp³-hybridized carbons (Fsp3) is 0.250. The van der Waals surface area contributed by atoms with Gasteiger partial charge in [0.15, 0.2) is 0 Å². The molecule has 0 spiro atoms. The van der Waals surface area contributed by atoms with Gasteiger partial charge in [-0.2, -0.15) is 5.90 Å². The second kappa shape index (κ2) is 3.32. The van der Waals surface area contributed by atoms with E-state index < -0.39 is 5.97 Å². The zero-order chi connectivity index (χ0) is 9.14. The molecule has 0 radical (unpaired) electrons.